The molecule has 1 aromatic heterocycles. The first-order valence-electron chi connectivity index (χ1n) is 4.46. The third kappa shape index (κ3) is 3.10. The second kappa shape index (κ2) is 5.51. The fourth-order valence-electron chi connectivity index (χ4n) is 1.27. The van der Waals surface area contributed by atoms with E-state index in [-0.39, 0.29) is 12.1 Å². The molecule has 0 bridgehead atoms. The van der Waals surface area contributed by atoms with Gasteiger partial charge in [-0.05, 0) is 46.7 Å². The third-order valence-corrected chi connectivity index (χ3v) is 2.71. The maximum absolute atomic E-state index is 12.6. The minimum atomic E-state index is -2.63. The van der Waals surface area contributed by atoms with Crippen molar-refractivity contribution in [3.63, 3.8) is 0 Å². The SMILES string of the molecule is COC(=O)Cc1cc(I)nc(C(F)F)c1C. The van der Waals surface area contributed by atoms with Crippen molar-refractivity contribution in [3.05, 3.63) is 26.6 Å². The lowest BCUT2D eigenvalue weighted by Crippen LogP contribution is -2.09. The van der Waals surface area contributed by atoms with Gasteiger partial charge in [0.15, 0.2) is 0 Å². The number of ether oxygens (including phenoxy) is 1. The van der Waals surface area contributed by atoms with Crippen molar-refractivity contribution in [2.75, 3.05) is 7.11 Å². The number of methoxy groups -OCH3 is 1. The van der Waals surface area contributed by atoms with E-state index in [0.717, 1.165) is 0 Å². The third-order valence-electron chi connectivity index (χ3n) is 2.16. The number of nitrogens with zero attached hydrogens (tertiary/aromatic N) is 1. The molecule has 6 heteroatoms. The van der Waals surface area contributed by atoms with E-state index >= 15 is 0 Å². The first-order chi connectivity index (χ1) is 7.45. The molecule has 0 aliphatic heterocycles. The molecule has 3 nitrogen and oxygen atoms in total. The van der Waals surface area contributed by atoms with E-state index in [0.29, 0.717) is 14.8 Å². The largest absolute Gasteiger partial charge is 0.469 e. The Hall–Kier alpha value is -0.790. The van der Waals surface area contributed by atoms with Crippen LogP contribution < -0.4 is 0 Å². The summed E-state index contributed by atoms with van der Waals surface area (Å²) in [6, 6.07) is 1.61. The number of esters is 1. The van der Waals surface area contributed by atoms with E-state index in [1.807, 2.05) is 22.6 Å². The second-order valence-electron chi connectivity index (χ2n) is 3.17. The van der Waals surface area contributed by atoms with Gasteiger partial charge in [-0.1, -0.05) is 0 Å². The van der Waals surface area contributed by atoms with E-state index in [1.54, 1.807) is 6.07 Å². The van der Waals surface area contributed by atoms with Crippen LogP contribution in [0.5, 0.6) is 0 Å². The van der Waals surface area contributed by atoms with Crippen LogP contribution in [-0.4, -0.2) is 18.1 Å². The lowest BCUT2D eigenvalue weighted by molar-refractivity contribution is -0.139. The number of carbonyl (C=O) groups is 1. The number of hydrogen-bond acceptors (Lipinski definition) is 3. The molecular formula is C10H10F2INO2. The maximum atomic E-state index is 12.6. The molecule has 0 aliphatic carbocycles. The molecule has 1 aromatic rings. The molecular weight excluding hydrogens is 331 g/mol. The van der Waals surface area contributed by atoms with Crippen LogP contribution in [0.1, 0.15) is 23.2 Å². The average Bonchev–Trinajstić information content (AvgIpc) is 2.22. The molecule has 1 heterocycles. The zero-order valence-electron chi connectivity index (χ0n) is 8.76. The zero-order valence-corrected chi connectivity index (χ0v) is 10.9. The summed E-state index contributed by atoms with van der Waals surface area (Å²) in [5.41, 5.74) is 0.605. The van der Waals surface area contributed by atoms with Crippen LogP contribution in [0.4, 0.5) is 8.78 Å². The van der Waals surface area contributed by atoms with Crippen LogP contribution in [0.3, 0.4) is 0 Å². The van der Waals surface area contributed by atoms with E-state index in [4.69, 9.17) is 0 Å². The van der Waals surface area contributed by atoms with Crippen LogP contribution in [0.25, 0.3) is 0 Å². The molecule has 0 saturated heterocycles. The predicted octanol–water partition coefficient (Wildman–Crippen LogP) is 2.65. The van der Waals surface area contributed by atoms with Gasteiger partial charge in [-0.2, -0.15) is 0 Å². The summed E-state index contributed by atoms with van der Waals surface area (Å²) in [6.07, 6.45) is -2.65. The van der Waals surface area contributed by atoms with Gasteiger partial charge in [0.1, 0.15) is 9.39 Å². The number of carbonyl (C=O) groups excluding carboxylic acids is 1. The van der Waals surface area contributed by atoms with E-state index in [9.17, 15) is 13.6 Å². The van der Waals surface area contributed by atoms with Crippen LogP contribution in [-0.2, 0) is 16.0 Å². The summed E-state index contributed by atoms with van der Waals surface area (Å²) in [6.45, 7) is 1.53. The Morgan fingerprint density at radius 3 is 2.75 bits per heavy atom. The standard InChI is InChI=1S/C10H10F2INO2/c1-5-6(4-8(15)16-2)3-7(13)14-9(5)10(11)12/h3,10H,4H2,1-2H3. The first kappa shape index (κ1) is 13.3. The fraction of sp³-hybridized carbons (Fsp3) is 0.400. The van der Waals surface area contributed by atoms with Crippen LogP contribution >= 0.6 is 22.6 Å². The van der Waals surface area contributed by atoms with Crippen molar-refractivity contribution in [2.24, 2.45) is 0 Å². The summed E-state index contributed by atoms with van der Waals surface area (Å²) in [4.78, 5) is 14.8. The average molecular weight is 341 g/mol. The molecule has 0 saturated carbocycles. The Labute approximate surface area is 105 Å². The highest BCUT2D eigenvalue weighted by Crippen LogP contribution is 2.24. The maximum Gasteiger partial charge on any atom is 0.309 e. The lowest BCUT2D eigenvalue weighted by Gasteiger charge is -2.10. The Balaban J connectivity index is 3.14. The Morgan fingerprint density at radius 2 is 2.25 bits per heavy atom. The number of halogens is 3. The van der Waals surface area contributed by atoms with Crippen molar-refractivity contribution in [3.8, 4) is 0 Å². The zero-order chi connectivity index (χ0) is 12.3. The van der Waals surface area contributed by atoms with Crippen molar-refractivity contribution in [1.29, 1.82) is 0 Å². The van der Waals surface area contributed by atoms with Gasteiger partial charge < -0.3 is 4.74 Å². The van der Waals surface area contributed by atoms with E-state index in [2.05, 4.69) is 9.72 Å². The minimum Gasteiger partial charge on any atom is -0.469 e. The van der Waals surface area contributed by atoms with Gasteiger partial charge in [0.25, 0.3) is 6.43 Å². The van der Waals surface area contributed by atoms with Gasteiger partial charge in [-0.15, -0.1) is 0 Å². The molecule has 0 atom stereocenters. The van der Waals surface area contributed by atoms with Crippen LogP contribution in [0.15, 0.2) is 6.07 Å². The molecule has 0 amide bonds. The monoisotopic (exact) mass is 341 g/mol. The smallest absolute Gasteiger partial charge is 0.309 e. The van der Waals surface area contributed by atoms with Gasteiger partial charge >= 0.3 is 5.97 Å². The highest BCUT2D eigenvalue weighted by atomic mass is 127. The number of alkyl halides is 2. The summed E-state index contributed by atoms with van der Waals surface area (Å²) in [7, 11) is 1.26. The normalized spacial score (nSPS) is 10.6. The van der Waals surface area contributed by atoms with Crippen molar-refractivity contribution < 1.29 is 18.3 Å². The minimum absolute atomic E-state index is 0.0133. The molecule has 0 aliphatic rings. The number of aromatic nitrogens is 1. The number of pyridine rings is 1. The highest BCUT2D eigenvalue weighted by molar-refractivity contribution is 14.1. The molecule has 0 spiro atoms. The topological polar surface area (TPSA) is 39.2 Å². The summed E-state index contributed by atoms with van der Waals surface area (Å²) in [5, 5.41) is 0. The predicted molar refractivity (Wildman–Crippen MR) is 62.4 cm³/mol. The van der Waals surface area contributed by atoms with E-state index < -0.39 is 12.4 Å². The Bertz CT molecular complexity index is 410. The molecule has 16 heavy (non-hydrogen) atoms. The van der Waals surface area contributed by atoms with Gasteiger partial charge in [0.2, 0.25) is 0 Å². The molecule has 0 N–H and O–H groups in total. The summed E-state index contributed by atoms with van der Waals surface area (Å²) >= 11 is 1.84. The summed E-state index contributed by atoms with van der Waals surface area (Å²) < 4.78 is 30.2. The molecule has 0 radical (unpaired) electrons. The van der Waals surface area contributed by atoms with Crippen molar-refractivity contribution in [2.45, 2.75) is 19.8 Å². The molecule has 0 aromatic carbocycles. The quantitative estimate of drug-likeness (QED) is 0.482. The Kier molecular flexibility index (Phi) is 4.57. The van der Waals surface area contributed by atoms with Gasteiger partial charge in [0, 0.05) is 0 Å². The van der Waals surface area contributed by atoms with Gasteiger partial charge in [-0.25, -0.2) is 13.8 Å². The van der Waals surface area contributed by atoms with Crippen LogP contribution in [0, 0.1) is 10.6 Å². The van der Waals surface area contributed by atoms with E-state index in [1.165, 1.54) is 14.0 Å². The van der Waals surface area contributed by atoms with Gasteiger partial charge in [-0.3, -0.25) is 4.79 Å². The highest BCUT2D eigenvalue weighted by Gasteiger charge is 2.17. The van der Waals surface area contributed by atoms with Crippen molar-refractivity contribution in [1.82, 2.24) is 4.98 Å². The Morgan fingerprint density at radius 1 is 1.62 bits per heavy atom. The molecule has 0 fully saturated rings. The first-order valence-corrected chi connectivity index (χ1v) is 5.54. The second-order valence-corrected chi connectivity index (χ2v) is 4.27. The fourth-order valence-corrected chi connectivity index (χ4v) is 1.91. The van der Waals surface area contributed by atoms with Crippen LogP contribution in [0.2, 0.25) is 0 Å². The summed E-state index contributed by atoms with van der Waals surface area (Å²) in [5.74, 6) is -0.453. The number of rotatable bonds is 3. The molecule has 0 unspecified atom stereocenters. The lowest BCUT2D eigenvalue weighted by atomic mass is 10.1. The van der Waals surface area contributed by atoms with Gasteiger partial charge in [0.05, 0.1) is 13.5 Å². The van der Waals surface area contributed by atoms with Crippen molar-refractivity contribution >= 4 is 28.6 Å². The molecule has 88 valence electrons. The molecule has 1 rings (SSSR count). The number of hydrogen-bond donors (Lipinski definition) is 0.